The van der Waals surface area contributed by atoms with Crippen LogP contribution in [0.2, 0.25) is 0 Å². The van der Waals surface area contributed by atoms with Crippen molar-refractivity contribution in [2.24, 2.45) is 4.99 Å². The third-order valence-corrected chi connectivity index (χ3v) is 5.19. The second-order valence-corrected chi connectivity index (χ2v) is 7.10. The lowest BCUT2D eigenvalue weighted by atomic mass is 9.96. The third kappa shape index (κ3) is 3.99. The highest BCUT2D eigenvalue weighted by Crippen LogP contribution is 2.34. The van der Waals surface area contributed by atoms with Crippen LogP contribution in [-0.4, -0.2) is 41.0 Å². The van der Waals surface area contributed by atoms with Crippen molar-refractivity contribution in [2.45, 2.75) is 50.2 Å². The van der Waals surface area contributed by atoms with E-state index in [0.29, 0.717) is 24.3 Å². The number of aliphatic imine (C=N–C) groups is 1. The second-order valence-electron chi connectivity index (χ2n) is 7.10. The molecule has 2 bridgehead atoms. The Morgan fingerprint density at radius 1 is 1.25 bits per heavy atom. The van der Waals surface area contributed by atoms with Crippen LogP contribution in [0.4, 0.5) is 13.2 Å². The van der Waals surface area contributed by atoms with Crippen LogP contribution in [-0.2, 0) is 17.5 Å². The van der Waals surface area contributed by atoms with Gasteiger partial charge in [-0.15, -0.1) is 0 Å². The summed E-state index contributed by atoms with van der Waals surface area (Å²) in [7, 11) is 1.72. The minimum atomic E-state index is -4.44. The van der Waals surface area contributed by atoms with Crippen LogP contribution in [0.5, 0.6) is 0 Å². The number of nitrogens with one attached hydrogen (secondary N) is 2. The zero-order chi connectivity index (χ0) is 19.7. The molecule has 0 amide bonds. The van der Waals surface area contributed by atoms with Crippen LogP contribution in [0.1, 0.15) is 30.5 Å². The Hall–Kier alpha value is -2.55. The Morgan fingerprint density at radius 2 is 2.04 bits per heavy atom. The summed E-state index contributed by atoms with van der Waals surface area (Å²) in [5, 5.41) is 10.3. The van der Waals surface area contributed by atoms with Gasteiger partial charge in [-0.2, -0.15) is 18.3 Å². The maximum absolute atomic E-state index is 12.7. The molecule has 150 valence electrons. The van der Waals surface area contributed by atoms with Crippen molar-refractivity contribution in [1.29, 1.82) is 0 Å². The molecule has 0 spiro atoms. The molecule has 1 aromatic heterocycles. The summed E-state index contributed by atoms with van der Waals surface area (Å²) in [5.41, 5.74) is 0.651. The fraction of sp³-hybridized carbons (Fsp3) is 0.474. The molecule has 2 aromatic rings. The number of hydrogen-bond acceptors (Lipinski definition) is 3. The van der Waals surface area contributed by atoms with Gasteiger partial charge in [0.05, 0.1) is 23.9 Å². The number of halogens is 3. The van der Waals surface area contributed by atoms with Crippen LogP contribution in [0, 0.1) is 0 Å². The van der Waals surface area contributed by atoms with Gasteiger partial charge in [-0.05, 0) is 43.0 Å². The number of ether oxygens (including phenoxy) is 1. The van der Waals surface area contributed by atoms with E-state index in [4.69, 9.17) is 4.74 Å². The van der Waals surface area contributed by atoms with Gasteiger partial charge >= 0.3 is 6.18 Å². The lowest BCUT2D eigenvalue weighted by Gasteiger charge is -2.22. The molecule has 2 aliphatic heterocycles. The van der Waals surface area contributed by atoms with Gasteiger partial charge in [0.25, 0.3) is 0 Å². The van der Waals surface area contributed by atoms with E-state index in [-0.39, 0.29) is 12.1 Å². The average Bonchev–Trinajstić information content (AvgIpc) is 3.41. The first kappa shape index (κ1) is 18.8. The highest BCUT2D eigenvalue weighted by molar-refractivity contribution is 5.80. The highest BCUT2D eigenvalue weighted by atomic mass is 19.4. The number of hydrogen-bond donors (Lipinski definition) is 2. The van der Waals surface area contributed by atoms with Crippen molar-refractivity contribution in [3.05, 3.63) is 47.8 Å². The molecule has 4 rings (SSSR count). The lowest BCUT2D eigenvalue weighted by Crippen LogP contribution is -2.47. The van der Waals surface area contributed by atoms with E-state index >= 15 is 0 Å². The Bertz CT molecular complexity index is 846. The van der Waals surface area contributed by atoms with Crippen molar-refractivity contribution in [3.63, 3.8) is 0 Å². The largest absolute Gasteiger partial charge is 0.435 e. The average molecular weight is 393 g/mol. The molecule has 9 heteroatoms. The van der Waals surface area contributed by atoms with Crippen LogP contribution >= 0.6 is 0 Å². The van der Waals surface area contributed by atoms with Crippen LogP contribution < -0.4 is 10.6 Å². The van der Waals surface area contributed by atoms with Gasteiger partial charge in [0.15, 0.2) is 11.7 Å². The Kier molecular flexibility index (Phi) is 5.01. The van der Waals surface area contributed by atoms with Gasteiger partial charge < -0.3 is 15.4 Å². The van der Waals surface area contributed by atoms with E-state index in [2.05, 4.69) is 20.7 Å². The van der Waals surface area contributed by atoms with Gasteiger partial charge in [-0.25, -0.2) is 4.68 Å². The summed E-state index contributed by atoms with van der Waals surface area (Å²) in [6, 6.07) is 8.43. The SMILES string of the molecule is CN=C(NCc1ccc(-n2ccc(C(F)(F)F)n2)cc1)NC1CC2CCC1O2. The van der Waals surface area contributed by atoms with Crippen molar-refractivity contribution in [1.82, 2.24) is 20.4 Å². The standard InChI is InChI=1S/C19H22F3N5O/c1-23-18(25-15-10-14-6-7-16(15)28-14)24-11-12-2-4-13(5-3-12)27-9-8-17(26-27)19(20,21)22/h2-5,8-9,14-16H,6-7,10-11H2,1H3,(H2,23,24,25). The molecule has 0 radical (unpaired) electrons. The van der Waals surface area contributed by atoms with E-state index in [0.717, 1.165) is 30.9 Å². The number of benzene rings is 1. The quantitative estimate of drug-likeness (QED) is 0.619. The fourth-order valence-corrected chi connectivity index (χ4v) is 3.73. The number of alkyl halides is 3. The zero-order valence-corrected chi connectivity index (χ0v) is 15.4. The summed E-state index contributed by atoms with van der Waals surface area (Å²) in [6.07, 6.45) is 0.726. The Labute approximate surface area is 160 Å². The fourth-order valence-electron chi connectivity index (χ4n) is 3.73. The van der Waals surface area contributed by atoms with Gasteiger partial charge in [0.2, 0.25) is 0 Å². The van der Waals surface area contributed by atoms with Gasteiger partial charge in [0, 0.05) is 19.8 Å². The molecule has 3 unspecified atom stereocenters. The molecule has 2 aliphatic rings. The first-order valence-corrected chi connectivity index (χ1v) is 9.27. The van der Waals surface area contributed by atoms with Crippen molar-refractivity contribution in [2.75, 3.05) is 7.05 Å². The molecule has 6 nitrogen and oxygen atoms in total. The minimum Gasteiger partial charge on any atom is -0.373 e. The molecule has 0 saturated carbocycles. The smallest absolute Gasteiger partial charge is 0.373 e. The summed E-state index contributed by atoms with van der Waals surface area (Å²) in [4.78, 5) is 4.26. The topological polar surface area (TPSA) is 63.5 Å². The lowest BCUT2D eigenvalue weighted by molar-refractivity contribution is -0.141. The number of aromatic nitrogens is 2. The number of nitrogens with zero attached hydrogens (tertiary/aromatic N) is 3. The normalized spacial score (nSPS) is 24.6. The first-order chi connectivity index (χ1) is 13.4. The Balaban J connectivity index is 1.33. The molecule has 3 heterocycles. The third-order valence-electron chi connectivity index (χ3n) is 5.19. The van der Waals surface area contributed by atoms with E-state index < -0.39 is 11.9 Å². The second kappa shape index (κ2) is 7.46. The van der Waals surface area contributed by atoms with Gasteiger partial charge in [-0.1, -0.05) is 12.1 Å². The molecule has 2 fully saturated rings. The van der Waals surface area contributed by atoms with Crippen molar-refractivity contribution < 1.29 is 17.9 Å². The molecular formula is C19H22F3N5O. The zero-order valence-electron chi connectivity index (χ0n) is 15.4. The predicted molar refractivity (Wildman–Crippen MR) is 98.2 cm³/mol. The molecule has 3 atom stereocenters. The van der Waals surface area contributed by atoms with Crippen LogP contribution in [0.25, 0.3) is 5.69 Å². The Morgan fingerprint density at radius 3 is 2.61 bits per heavy atom. The maximum Gasteiger partial charge on any atom is 0.435 e. The molecule has 0 aliphatic carbocycles. The van der Waals surface area contributed by atoms with Crippen molar-refractivity contribution >= 4 is 5.96 Å². The van der Waals surface area contributed by atoms with Gasteiger partial charge in [0.1, 0.15) is 0 Å². The number of fused-ring (bicyclic) bond motifs is 2. The monoisotopic (exact) mass is 393 g/mol. The molecular weight excluding hydrogens is 371 g/mol. The summed E-state index contributed by atoms with van der Waals surface area (Å²) in [5.74, 6) is 0.715. The number of rotatable bonds is 4. The van der Waals surface area contributed by atoms with Crippen molar-refractivity contribution in [3.8, 4) is 5.69 Å². The molecule has 1 aromatic carbocycles. The molecule has 2 saturated heterocycles. The van der Waals surface area contributed by atoms with Crippen LogP contribution in [0.15, 0.2) is 41.5 Å². The number of guanidine groups is 1. The van der Waals surface area contributed by atoms with Gasteiger partial charge in [-0.3, -0.25) is 4.99 Å². The predicted octanol–water partition coefficient (Wildman–Crippen LogP) is 2.88. The highest BCUT2D eigenvalue weighted by Gasteiger charge is 2.41. The molecule has 28 heavy (non-hydrogen) atoms. The van der Waals surface area contributed by atoms with Crippen LogP contribution in [0.3, 0.4) is 0 Å². The summed E-state index contributed by atoms with van der Waals surface area (Å²) in [6.45, 7) is 0.550. The summed E-state index contributed by atoms with van der Waals surface area (Å²) >= 11 is 0. The van der Waals surface area contributed by atoms with E-state index in [1.807, 2.05) is 12.1 Å². The van der Waals surface area contributed by atoms with E-state index in [1.54, 1.807) is 19.2 Å². The minimum absolute atomic E-state index is 0.262. The molecule has 2 N–H and O–H groups in total. The first-order valence-electron chi connectivity index (χ1n) is 9.27. The maximum atomic E-state index is 12.7. The van der Waals surface area contributed by atoms with E-state index in [9.17, 15) is 13.2 Å². The van der Waals surface area contributed by atoms with E-state index in [1.165, 1.54) is 10.9 Å². The summed E-state index contributed by atoms with van der Waals surface area (Å²) < 4.78 is 45.1.